The van der Waals surface area contributed by atoms with Gasteiger partial charge in [-0.1, -0.05) is 17.4 Å². The summed E-state index contributed by atoms with van der Waals surface area (Å²) >= 11 is 1.28. The molecule has 0 atom stereocenters. The van der Waals surface area contributed by atoms with E-state index in [1.165, 1.54) is 29.2 Å². The molecule has 2 heterocycles. The number of hydrogen-bond acceptors (Lipinski definition) is 4. The number of rotatable bonds is 3. The molecule has 4 nitrogen and oxygen atoms in total. The lowest BCUT2D eigenvalue weighted by molar-refractivity contribution is -0.116. The zero-order chi connectivity index (χ0) is 14.1. The van der Waals surface area contributed by atoms with Crippen LogP contribution in [-0.4, -0.2) is 10.9 Å². The van der Waals surface area contributed by atoms with Crippen LogP contribution in [0, 0.1) is 5.82 Å². The molecule has 0 aliphatic carbocycles. The van der Waals surface area contributed by atoms with Crippen LogP contribution in [0.3, 0.4) is 0 Å². The Morgan fingerprint density at radius 2 is 2.25 bits per heavy atom. The van der Waals surface area contributed by atoms with Gasteiger partial charge in [-0.05, 0) is 24.3 Å². The lowest BCUT2D eigenvalue weighted by Crippen LogP contribution is -2.27. The summed E-state index contributed by atoms with van der Waals surface area (Å²) in [4.78, 5) is 17.5. The zero-order valence-corrected chi connectivity index (χ0v) is 11.5. The van der Waals surface area contributed by atoms with Crippen LogP contribution in [0.15, 0.2) is 41.0 Å². The summed E-state index contributed by atoms with van der Waals surface area (Å²) in [5.74, 6) is 0.104. The maximum absolute atomic E-state index is 13.7. The van der Waals surface area contributed by atoms with E-state index in [1.54, 1.807) is 30.5 Å². The van der Waals surface area contributed by atoms with Crippen LogP contribution in [0.1, 0.15) is 12.7 Å². The molecule has 0 unspecified atom stereocenters. The maximum atomic E-state index is 13.7. The van der Waals surface area contributed by atoms with Crippen molar-refractivity contribution in [1.29, 1.82) is 0 Å². The summed E-state index contributed by atoms with van der Waals surface area (Å²) in [6, 6.07) is 8.31. The standard InChI is InChI=1S/C14H11FN2O2S/c1-9(18)17(8-10-4-3-7-19-10)14-16-13-11(15)5-2-6-12(13)20-14/h2-7H,8H2,1H3. The second kappa shape index (κ2) is 5.05. The van der Waals surface area contributed by atoms with E-state index in [0.29, 0.717) is 15.6 Å². The fourth-order valence-electron chi connectivity index (χ4n) is 1.89. The molecule has 2 aromatic heterocycles. The fraction of sp³-hybridized carbons (Fsp3) is 0.143. The molecule has 3 aromatic rings. The van der Waals surface area contributed by atoms with E-state index in [2.05, 4.69) is 4.98 Å². The number of halogens is 1. The Morgan fingerprint density at radius 1 is 1.40 bits per heavy atom. The van der Waals surface area contributed by atoms with E-state index in [4.69, 9.17) is 4.42 Å². The van der Waals surface area contributed by atoms with E-state index in [0.717, 1.165) is 0 Å². The number of hydrogen-bond donors (Lipinski definition) is 0. The Morgan fingerprint density at radius 3 is 2.90 bits per heavy atom. The number of furan rings is 1. The third-order valence-electron chi connectivity index (χ3n) is 2.86. The Bertz CT molecular complexity index is 752. The van der Waals surface area contributed by atoms with Crippen LogP contribution in [0.2, 0.25) is 0 Å². The molecular formula is C14H11FN2O2S. The quantitative estimate of drug-likeness (QED) is 0.740. The van der Waals surface area contributed by atoms with E-state index >= 15 is 0 Å². The van der Waals surface area contributed by atoms with Gasteiger partial charge in [-0.2, -0.15) is 0 Å². The van der Waals surface area contributed by atoms with Gasteiger partial charge in [-0.3, -0.25) is 9.69 Å². The highest BCUT2D eigenvalue weighted by Crippen LogP contribution is 2.31. The molecule has 1 amide bonds. The largest absolute Gasteiger partial charge is 0.467 e. The molecule has 0 spiro atoms. The molecule has 20 heavy (non-hydrogen) atoms. The van der Waals surface area contributed by atoms with Gasteiger partial charge in [0.1, 0.15) is 17.1 Å². The lowest BCUT2D eigenvalue weighted by atomic mass is 10.3. The van der Waals surface area contributed by atoms with Crippen molar-refractivity contribution in [3.05, 3.63) is 48.2 Å². The average Bonchev–Trinajstić information content (AvgIpc) is 3.05. The van der Waals surface area contributed by atoms with Gasteiger partial charge in [0.25, 0.3) is 0 Å². The predicted octanol–water partition coefficient (Wildman–Crippen LogP) is 3.58. The van der Waals surface area contributed by atoms with Gasteiger partial charge in [0.2, 0.25) is 5.91 Å². The first kappa shape index (κ1) is 12.8. The topological polar surface area (TPSA) is 46.3 Å². The highest BCUT2D eigenvalue weighted by Gasteiger charge is 2.19. The van der Waals surface area contributed by atoms with Gasteiger partial charge in [0.15, 0.2) is 5.13 Å². The van der Waals surface area contributed by atoms with E-state index in [9.17, 15) is 9.18 Å². The van der Waals surface area contributed by atoms with Gasteiger partial charge in [-0.25, -0.2) is 9.37 Å². The Balaban J connectivity index is 2.01. The molecule has 0 aliphatic heterocycles. The summed E-state index contributed by atoms with van der Waals surface area (Å²) in [5, 5.41) is 0.467. The summed E-state index contributed by atoms with van der Waals surface area (Å²) in [6.45, 7) is 1.73. The molecule has 0 fully saturated rings. The van der Waals surface area contributed by atoms with Crippen molar-refractivity contribution in [3.8, 4) is 0 Å². The summed E-state index contributed by atoms with van der Waals surface area (Å²) in [7, 11) is 0. The van der Waals surface area contributed by atoms with Crippen LogP contribution >= 0.6 is 11.3 Å². The number of anilines is 1. The highest BCUT2D eigenvalue weighted by molar-refractivity contribution is 7.22. The van der Waals surface area contributed by atoms with E-state index in [-0.39, 0.29) is 23.8 Å². The van der Waals surface area contributed by atoms with E-state index < -0.39 is 0 Å². The molecule has 0 aliphatic rings. The molecule has 0 saturated carbocycles. The van der Waals surface area contributed by atoms with Crippen molar-refractivity contribution in [3.63, 3.8) is 0 Å². The molecule has 0 N–H and O–H groups in total. The van der Waals surface area contributed by atoms with Crippen molar-refractivity contribution < 1.29 is 13.6 Å². The molecular weight excluding hydrogens is 279 g/mol. The highest BCUT2D eigenvalue weighted by atomic mass is 32.1. The zero-order valence-electron chi connectivity index (χ0n) is 10.7. The Hall–Kier alpha value is -2.21. The van der Waals surface area contributed by atoms with Crippen LogP contribution in [-0.2, 0) is 11.3 Å². The molecule has 6 heteroatoms. The van der Waals surface area contributed by atoms with Crippen molar-refractivity contribution in [2.75, 3.05) is 4.90 Å². The normalized spacial score (nSPS) is 10.9. The number of aromatic nitrogens is 1. The number of amides is 1. The minimum Gasteiger partial charge on any atom is -0.467 e. The first-order valence-electron chi connectivity index (χ1n) is 6.00. The fourth-order valence-corrected chi connectivity index (χ4v) is 2.91. The van der Waals surface area contributed by atoms with Gasteiger partial charge in [-0.15, -0.1) is 0 Å². The number of carbonyl (C=O) groups is 1. The van der Waals surface area contributed by atoms with Crippen molar-refractivity contribution in [2.24, 2.45) is 0 Å². The molecule has 102 valence electrons. The SMILES string of the molecule is CC(=O)N(Cc1ccco1)c1nc2c(F)cccc2s1. The second-order valence-electron chi connectivity index (χ2n) is 4.27. The average molecular weight is 290 g/mol. The van der Waals surface area contributed by atoms with Crippen LogP contribution in [0.25, 0.3) is 10.2 Å². The summed E-state index contributed by atoms with van der Waals surface area (Å²) < 4.78 is 19.6. The molecule has 3 rings (SSSR count). The monoisotopic (exact) mass is 290 g/mol. The smallest absolute Gasteiger partial charge is 0.226 e. The lowest BCUT2D eigenvalue weighted by Gasteiger charge is -2.15. The number of carbonyl (C=O) groups excluding carboxylic acids is 1. The maximum Gasteiger partial charge on any atom is 0.226 e. The molecule has 1 aromatic carbocycles. The van der Waals surface area contributed by atoms with E-state index in [1.807, 2.05) is 0 Å². The van der Waals surface area contributed by atoms with Gasteiger partial charge >= 0.3 is 0 Å². The number of para-hydroxylation sites is 1. The molecule has 0 bridgehead atoms. The summed E-state index contributed by atoms with van der Waals surface area (Å²) in [6.07, 6.45) is 1.55. The second-order valence-corrected chi connectivity index (χ2v) is 5.28. The number of benzene rings is 1. The first-order valence-corrected chi connectivity index (χ1v) is 6.82. The van der Waals surface area contributed by atoms with Crippen LogP contribution in [0.5, 0.6) is 0 Å². The summed E-state index contributed by atoms with van der Waals surface area (Å²) in [5.41, 5.74) is 0.290. The molecule has 0 radical (unpaired) electrons. The number of fused-ring (bicyclic) bond motifs is 1. The molecule has 0 saturated heterocycles. The first-order chi connectivity index (χ1) is 9.65. The number of nitrogens with zero attached hydrogens (tertiary/aromatic N) is 2. The van der Waals surface area contributed by atoms with Crippen molar-refractivity contribution >= 4 is 32.6 Å². The van der Waals surface area contributed by atoms with Crippen LogP contribution in [0.4, 0.5) is 9.52 Å². The van der Waals surface area contributed by atoms with Crippen molar-refractivity contribution in [1.82, 2.24) is 4.98 Å². The minimum absolute atomic E-state index is 0.166. The van der Waals surface area contributed by atoms with Gasteiger partial charge in [0.05, 0.1) is 17.5 Å². The predicted molar refractivity (Wildman–Crippen MR) is 75.2 cm³/mol. The third-order valence-corrected chi connectivity index (χ3v) is 3.91. The number of thiazole rings is 1. The Kier molecular flexibility index (Phi) is 3.23. The van der Waals surface area contributed by atoms with Gasteiger partial charge < -0.3 is 4.42 Å². The minimum atomic E-state index is -0.383. The van der Waals surface area contributed by atoms with Crippen LogP contribution < -0.4 is 4.90 Å². The van der Waals surface area contributed by atoms with Gasteiger partial charge in [0, 0.05) is 6.92 Å². The van der Waals surface area contributed by atoms with Crippen molar-refractivity contribution in [2.45, 2.75) is 13.5 Å². The third kappa shape index (κ3) is 2.30. The Labute approximate surface area is 118 Å².